The van der Waals surface area contributed by atoms with Crippen molar-refractivity contribution in [3.63, 3.8) is 0 Å². The van der Waals surface area contributed by atoms with Crippen LogP contribution in [0.4, 0.5) is 17.8 Å². The summed E-state index contributed by atoms with van der Waals surface area (Å²) in [4.78, 5) is 15.9. The van der Waals surface area contributed by atoms with Crippen molar-refractivity contribution in [2.24, 2.45) is 5.73 Å². The molecule has 2 heterocycles. The molecule has 1 saturated heterocycles. The Kier molecular flexibility index (Phi) is 7.66. The van der Waals surface area contributed by atoms with E-state index in [0.717, 1.165) is 19.0 Å². The van der Waals surface area contributed by atoms with Crippen molar-refractivity contribution in [3.05, 3.63) is 0 Å². The van der Waals surface area contributed by atoms with Gasteiger partial charge in [0.1, 0.15) is 0 Å². The van der Waals surface area contributed by atoms with E-state index in [1.54, 1.807) is 0 Å². The first-order valence-electron chi connectivity index (χ1n) is 9.72. The molecule has 1 aliphatic heterocycles. The molecule has 1 aromatic heterocycles. The minimum absolute atomic E-state index is 0.494. The average Bonchev–Trinajstić information content (AvgIpc) is 3.15. The zero-order chi connectivity index (χ0) is 18.0. The number of aromatic nitrogens is 3. The standard InChI is InChI=1S/C17H31N7O2/c18-6-10-25-12-13-26-11-7-19-15-21-16(20-14-4-3-5-14)23-17(22-15)24-8-1-2-9-24/h14H,1-13,18H2,(H2,19,20,21,22,23). The zero-order valence-corrected chi connectivity index (χ0v) is 15.5. The van der Waals surface area contributed by atoms with Crippen molar-refractivity contribution in [2.75, 3.05) is 68.1 Å². The Bertz CT molecular complexity index is 536. The lowest BCUT2D eigenvalue weighted by atomic mass is 9.93. The van der Waals surface area contributed by atoms with Gasteiger partial charge in [-0.25, -0.2) is 0 Å². The number of anilines is 3. The van der Waals surface area contributed by atoms with E-state index in [2.05, 4.69) is 30.5 Å². The van der Waals surface area contributed by atoms with Gasteiger partial charge in [-0.3, -0.25) is 0 Å². The molecule has 0 unspecified atom stereocenters. The third kappa shape index (κ3) is 5.93. The van der Waals surface area contributed by atoms with E-state index in [1.165, 1.54) is 32.1 Å². The zero-order valence-electron chi connectivity index (χ0n) is 15.5. The molecule has 9 nitrogen and oxygen atoms in total. The highest BCUT2D eigenvalue weighted by Gasteiger charge is 2.21. The third-order valence-electron chi connectivity index (χ3n) is 4.61. The Morgan fingerprint density at radius 1 is 0.923 bits per heavy atom. The second-order valence-corrected chi connectivity index (χ2v) is 6.69. The summed E-state index contributed by atoms with van der Waals surface area (Å²) < 4.78 is 10.8. The van der Waals surface area contributed by atoms with Gasteiger partial charge in [-0.1, -0.05) is 0 Å². The van der Waals surface area contributed by atoms with Gasteiger partial charge >= 0.3 is 0 Å². The van der Waals surface area contributed by atoms with E-state index in [1.807, 2.05) is 0 Å². The van der Waals surface area contributed by atoms with Crippen LogP contribution in [0, 0.1) is 0 Å². The maximum Gasteiger partial charge on any atom is 0.231 e. The summed E-state index contributed by atoms with van der Waals surface area (Å²) in [6.45, 7) is 5.48. The smallest absolute Gasteiger partial charge is 0.231 e. The highest BCUT2D eigenvalue weighted by molar-refractivity contribution is 5.44. The van der Waals surface area contributed by atoms with E-state index >= 15 is 0 Å². The predicted octanol–water partition coefficient (Wildman–Crippen LogP) is 0.840. The lowest BCUT2D eigenvalue weighted by molar-refractivity contribution is 0.0547. The van der Waals surface area contributed by atoms with Gasteiger partial charge in [0.25, 0.3) is 0 Å². The quantitative estimate of drug-likeness (QED) is 0.464. The van der Waals surface area contributed by atoms with Crippen molar-refractivity contribution < 1.29 is 9.47 Å². The molecule has 0 atom stereocenters. The molecule has 4 N–H and O–H groups in total. The largest absolute Gasteiger partial charge is 0.378 e. The molecule has 3 rings (SSSR count). The topological polar surface area (TPSA) is 110 Å². The van der Waals surface area contributed by atoms with Crippen LogP contribution < -0.4 is 21.3 Å². The number of rotatable bonds is 12. The molecule has 1 aliphatic carbocycles. The second kappa shape index (κ2) is 10.4. The van der Waals surface area contributed by atoms with E-state index in [0.29, 0.717) is 57.5 Å². The summed E-state index contributed by atoms with van der Waals surface area (Å²) >= 11 is 0. The Labute approximate surface area is 155 Å². The molecule has 2 aliphatic rings. The normalized spacial score (nSPS) is 17.3. The molecule has 1 aromatic rings. The minimum Gasteiger partial charge on any atom is -0.378 e. The van der Waals surface area contributed by atoms with Crippen LogP contribution in [-0.4, -0.2) is 73.6 Å². The van der Waals surface area contributed by atoms with E-state index in [4.69, 9.17) is 15.2 Å². The van der Waals surface area contributed by atoms with E-state index < -0.39 is 0 Å². The third-order valence-corrected chi connectivity index (χ3v) is 4.61. The molecule has 0 aromatic carbocycles. The lowest BCUT2D eigenvalue weighted by Crippen LogP contribution is -2.29. The first kappa shape index (κ1) is 19.1. The number of hydrogen-bond donors (Lipinski definition) is 3. The SMILES string of the molecule is NCCOCCOCCNc1nc(NC2CCC2)nc(N2CCCC2)n1. The number of hydrogen-bond acceptors (Lipinski definition) is 9. The van der Waals surface area contributed by atoms with Gasteiger partial charge in [-0.05, 0) is 32.1 Å². The Balaban J connectivity index is 1.48. The Morgan fingerprint density at radius 2 is 1.65 bits per heavy atom. The maximum absolute atomic E-state index is 5.53. The number of ether oxygens (including phenoxy) is 2. The van der Waals surface area contributed by atoms with Crippen LogP contribution in [-0.2, 0) is 9.47 Å². The maximum atomic E-state index is 5.53. The summed E-state index contributed by atoms with van der Waals surface area (Å²) in [5.41, 5.74) is 5.36. The van der Waals surface area contributed by atoms with Gasteiger partial charge in [0, 0.05) is 32.2 Å². The molecule has 0 spiro atoms. The van der Waals surface area contributed by atoms with Crippen LogP contribution in [0.15, 0.2) is 0 Å². The summed E-state index contributed by atoms with van der Waals surface area (Å²) in [7, 11) is 0. The van der Waals surface area contributed by atoms with Crippen LogP contribution in [0.5, 0.6) is 0 Å². The Morgan fingerprint density at radius 3 is 2.35 bits per heavy atom. The van der Waals surface area contributed by atoms with Gasteiger partial charge in [0.15, 0.2) is 0 Å². The number of nitrogens with two attached hydrogens (primary N) is 1. The van der Waals surface area contributed by atoms with Crippen molar-refractivity contribution in [3.8, 4) is 0 Å². The average molecular weight is 365 g/mol. The molecule has 0 bridgehead atoms. The van der Waals surface area contributed by atoms with Crippen LogP contribution in [0.1, 0.15) is 32.1 Å². The van der Waals surface area contributed by atoms with Crippen molar-refractivity contribution >= 4 is 17.8 Å². The van der Waals surface area contributed by atoms with Crippen LogP contribution >= 0.6 is 0 Å². The fourth-order valence-corrected chi connectivity index (χ4v) is 2.94. The summed E-state index contributed by atoms with van der Waals surface area (Å²) in [5.74, 6) is 2.04. The molecule has 146 valence electrons. The molecular formula is C17H31N7O2. The first-order chi connectivity index (χ1) is 12.8. The van der Waals surface area contributed by atoms with Crippen LogP contribution in [0.25, 0.3) is 0 Å². The van der Waals surface area contributed by atoms with Crippen LogP contribution in [0.3, 0.4) is 0 Å². The van der Waals surface area contributed by atoms with Gasteiger partial charge in [0.05, 0.1) is 26.4 Å². The summed E-state index contributed by atoms with van der Waals surface area (Å²) in [5, 5.41) is 6.67. The number of nitrogens with zero attached hydrogens (tertiary/aromatic N) is 4. The lowest BCUT2D eigenvalue weighted by Gasteiger charge is -2.27. The molecule has 0 amide bonds. The van der Waals surface area contributed by atoms with E-state index in [-0.39, 0.29) is 0 Å². The fourth-order valence-electron chi connectivity index (χ4n) is 2.94. The molecule has 26 heavy (non-hydrogen) atoms. The van der Waals surface area contributed by atoms with Gasteiger partial charge in [0.2, 0.25) is 17.8 Å². The predicted molar refractivity (Wildman–Crippen MR) is 102 cm³/mol. The monoisotopic (exact) mass is 365 g/mol. The summed E-state index contributed by atoms with van der Waals surface area (Å²) in [6.07, 6.45) is 6.04. The second-order valence-electron chi connectivity index (χ2n) is 6.69. The van der Waals surface area contributed by atoms with Gasteiger partial charge in [-0.15, -0.1) is 0 Å². The molecule has 0 radical (unpaired) electrons. The fraction of sp³-hybridized carbons (Fsp3) is 0.824. The summed E-state index contributed by atoms with van der Waals surface area (Å²) in [6, 6.07) is 0.494. The van der Waals surface area contributed by atoms with Crippen LogP contribution in [0.2, 0.25) is 0 Å². The van der Waals surface area contributed by atoms with Crippen molar-refractivity contribution in [1.29, 1.82) is 0 Å². The van der Waals surface area contributed by atoms with E-state index in [9.17, 15) is 0 Å². The van der Waals surface area contributed by atoms with Gasteiger partial charge in [-0.2, -0.15) is 15.0 Å². The van der Waals surface area contributed by atoms with Crippen molar-refractivity contribution in [1.82, 2.24) is 15.0 Å². The molecule has 2 fully saturated rings. The first-order valence-corrected chi connectivity index (χ1v) is 9.72. The molecule has 9 heteroatoms. The molecule has 1 saturated carbocycles. The molecular weight excluding hydrogens is 334 g/mol. The van der Waals surface area contributed by atoms with Crippen molar-refractivity contribution in [2.45, 2.75) is 38.1 Å². The number of nitrogens with one attached hydrogen (secondary N) is 2. The minimum atomic E-state index is 0.494. The highest BCUT2D eigenvalue weighted by atomic mass is 16.5. The Hall–Kier alpha value is -1.71. The van der Waals surface area contributed by atoms with Gasteiger partial charge < -0.3 is 30.7 Å². The highest BCUT2D eigenvalue weighted by Crippen LogP contribution is 2.24.